The molecule has 2 aromatic heterocycles. The molecule has 0 atom stereocenters. The molecule has 2 heterocycles. The van der Waals surface area contributed by atoms with Gasteiger partial charge in [0.2, 0.25) is 0 Å². The van der Waals surface area contributed by atoms with Gasteiger partial charge in [0.15, 0.2) is 29.7 Å². The van der Waals surface area contributed by atoms with E-state index in [2.05, 4.69) is 15.4 Å². The highest BCUT2D eigenvalue weighted by molar-refractivity contribution is 5.91. The standard InChI is InChI=1S/C17H14N4O4/c1-24-14-4-2-3-5-15(14)25-20-17(22)13-6-9-18-16(19-13)12-7-10-21(23)11-8-12/h2-11H,1H3,(H,20,22). The molecule has 1 N–H and O–H groups in total. The largest absolute Gasteiger partial charge is 0.619 e. The molecule has 0 aliphatic heterocycles. The fraction of sp³-hybridized carbons (Fsp3) is 0.0588. The smallest absolute Gasteiger partial charge is 0.302 e. The highest BCUT2D eigenvalue weighted by Gasteiger charge is 2.12. The third-order valence-electron chi connectivity index (χ3n) is 3.27. The lowest BCUT2D eigenvalue weighted by atomic mass is 10.2. The van der Waals surface area contributed by atoms with Gasteiger partial charge in [0.05, 0.1) is 7.11 Å². The molecular weight excluding hydrogens is 324 g/mol. The molecule has 1 amide bonds. The number of aromatic nitrogens is 3. The number of hydrogen-bond acceptors (Lipinski definition) is 6. The van der Waals surface area contributed by atoms with E-state index in [1.807, 2.05) is 0 Å². The lowest BCUT2D eigenvalue weighted by Gasteiger charge is -2.10. The summed E-state index contributed by atoms with van der Waals surface area (Å²) in [7, 11) is 1.51. The maximum absolute atomic E-state index is 12.2. The van der Waals surface area contributed by atoms with Gasteiger partial charge in [-0.1, -0.05) is 12.1 Å². The Labute approximate surface area is 143 Å². The Morgan fingerprint density at radius 2 is 1.84 bits per heavy atom. The van der Waals surface area contributed by atoms with Crippen LogP contribution in [0.15, 0.2) is 61.1 Å². The summed E-state index contributed by atoms with van der Waals surface area (Å²) in [4.78, 5) is 25.8. The Morgan fingerprint density at radius 1 is 1.12 bits per heavy atom. The molecule has 8 heteroatoms. The molecule has 25 heavy (non-hydrogen) atoms. The molecule has 8 nitrogen and oxygen atoms in total. The van der Waals surface area contributed by atoms with E-state index in [1.54, 1.807) is 36.4 Å². The van der Waals surface area contributed by atoms with Gasteiger partial charge in [-0.15, -0.1) is 0 Å². The fourth-order valence-corrected chi connectivity index (χ4v) is 2.04. The first-order chi connectivity index (χ1) is 12.2. The first kappa shape index (κ1) is 16.2. The van der Waals surface area contributed by atoms with Crippen molar-refractivity contribution in [3.63, 3.8) is 0 Å². The first-order valence-electron chi connectivity index (χ1n) is 7.30. The summed E-state index contributed by atoms with van der Waals surface area (Å²) in [6, 6.07) is 11.5. The normalized spacial score (nSPS) is 10.1. The average molecular weight is 338 g/mol. The number of rotatable bonds is 5. The second kappa shape index (κ2) is 7.26. The van der Waals surface area contributed by atoms with E-state index in [1.165, 1.54) is 31.8 Å². The minimum Gasteiger partial charge on any atom is -0.619 e. The van der Waals surface area contributed by atoms with E-state index in [4.69, 9.17) is 9.57 Å². The van der Waals surface area contributed by atoms with Crippen LogP contribution in [0.4, 0.5) is 0 Å². The predicted octanol–water partition coefficient (Wildman–Crippen LogP) is 1.51. The third-order valence-corrected chi connectivity index (χ3v) is 3.27. The molecule has 0 spiro atoms. The maximum Gasteiger partial charge on any atom is 0.302 e. The van der Waals surface area contributed by atoms with Crippen molar-refractivity contribution in [2.45, 2.75) is 0 Å². The van der Waals surface area contributed by atoms with Gasteiger partial charge in [0.25, 0.3) is 0 Å². The second-order valence-corrected chi connectivity index (χ2v) is 4.90. The summed E-state index contributed by atoms with van der Waals surface area (Å²) < 4.78 is 5.79. The number of carbonyl (C=O) groups is 1. The number of amides is 1. The van der Waals surface area contributed by atoms with Gasteiger partial charge in [-0.05, 0) is 18.2 Å². The summed E-state index contributed by atoms with van der Waals surface area (Å²) in [5, 5.41) is 11.1. The minimum absolute atomic E-state index is 0.124. The first-order valence-corrected chi connectivity index (χ1v) is 7.30. The zero-order valence-corrected chi connectivity index (χ0v) is 13.2. The fourth-order valence-electron chi connectivity index (χ4n) is 2.04. The molecule has 0 radical (unpaired) electrons. The zero-order chi connectivity index (χ0) is 17.6. The number of nitrogens with one attached hydrogen (secondary N) is 1. The summed E-state index contributed by atoms with van der Waals surface area (Å²) in [6.07, 6.45) is 4.12. The quantitative estimate of drug-likeness (QED) is 0.430. The number of nitrogens with zero attached hydrogens (tertiary/aromatic N) is 3. The number of para-hydroxylation sites is 2. The molecule has 0 aliphatic carbocycles. The van der Waals surface area contributed by atoms with Gasteiger partial charge in [-0.25, -0.2) is 9.97 Å². The average Bonchev–Trinajstić information content (AvgIpc) is 2.67. The van der Waals surface area contributed by atoms with Gasteiger partial charge < -0.3 is 14.8 Å². The van der Waals surface area contributed by atoms with E-state index in [0.717, 1.165) is 0 Å². The number of methoxy groups -OCH3 is 1. The van der Waals surface area contributed by atoms with Crippen LogP contribution >= 0.6 is 0 Å². The Kier molecular flexibility index (Phi) is 4.70. The molecule has 0 fully saturated rings. The van der Waals surface area contributed by atoms with Gasteiger partial charge in [0, 0.05) is 23.9 Å². The van der Waals surface area contributed by atoms with Crippen LogP contribution in [0.25, 0.3) is 11.4 Å². The number of hydrogen-bond donors (Lipinski definition) is 1. The van der Waals surface area contributed by atoms with E-state index < -0.39 is 5.91 Å². The molecule has 0 unspecified atom stereocenters. The number of carbonyl (C=O) groups excluding carboxylic acids is 1. The summed E-state index contributed by atoms with van der Waals surface area (Å²) >= 11 is 0. The molecule has 3 aromatic rings. The Balaban J connectivity index is 1.74. The monoisotopic (exact) mass is 338 g/mol. The van der Waals surface area contributed by atoms with Crippen LogP contribution in [0.1, 0.15) is 10.5 Å². The summed E-state index contributed by atoms with van der Waals surface area (Å²) in [5.74, 6) is 0.645. The lowest BCUT2D eigenvalue weighted by Crippen LogP contribution is -2.28. The van der Waals surface area contributed by atoms with Crippen LogP contribution in [0.2, 0.25) is 0 Å². The van der Waals surface area contributed by atoms with E-state index in [0.29, 0.717) is 27.6 Å². The number of benzene rings is 1. The van der Waals surface area contributed by atoms with Crippen molar-refractivity contribution >= 4 is 5.91 Å². The van der Waals surface area contributed by atoms with Crippen LogP contribution in [0.5, 0.6) is 11.5 Å². The molecule has 1 aromatic carbocycles. The summed E-state index contributed by atoms with van der Waals surface area (Å²) in [5.41, 5.74) is 3.06. The topological polar surface area (TPSA) is 100 Å². The summed E-state index contributed by atoms with van der Waals surface area (Å²) in [6.45, 7) is 0. The lowest BCUT2D eigenvalue weighted by molar-refractivity contribution is -0.605. The predicted molar refractivity (Wildman–Crippen MR) is 87.5 cm³/mol. The Bertz CT molecular complexity index is 884. The van der Waals surface area contributed by atoms with Crippen molar-refractivity contribution in [1.29, 1.82) is 0 Å². The van der Waals surface area contributed by atoms with Crippen molar-refractivity contribution in [3.05, 3.63) is 72.0 Å². The van der Waals surface area contributed by atoms with Crippen LogP contribution < -0.4 is 19.8 Å². The molecule has 0 aliphatic rings. The highest BCUT2D eigenvalue weighted by Crippen LogP contribution is 2.24. The second-order valence-electron chi connectivity index (χ2n) is 4.90. The molecule has 3 rings (SSSR count). The molecule has 0 saturated heterocycles. The number of hydroxylamine groups is 1. The highest BCUT2D eigenvalue weighted by atomic mass is 16.7. The van der Waals surface area contributed by atoms with Gasteiger partial charge in [0.1, 0.15) is 5.69 Å². The molecule has 0 bridgehead atoms. The molecule has 0 saturated carbocycles. The SMILES string of the molecule is COc1ccccc1ONC(=O)c1ccnc(-c2cc[n+]([O-])cc2)n1. The third kappa shape index (κ3) is 3.81. The van der Waals surface area contributed by atoms with Crippen LogP contribution in [-0.2, 0) is 0 Å². The van der Waals surface area contributed by atoms with Crippen molar-refractivity contribution in [3.8, 4) is 22.9 Å². The van der Waals surface area contributed by atoms with Crippen molar-refractivity contribution in [2.75, 3.05) is 7.11 Å². The Morgan fingerprint density at radius 3 is 2.56 bits per heavy atom. The maximum atomic E-state index is 12.2. The number of ether oxygens (including phenoxy) is 1. The van der Waals surface area contributed by atoms with Crippen molar-refractivity contribution in [1.82, 2.24) is 15.4 Å². The minimum atomic E-state index is -0.538. The van der Waals surface area contributed by atoms with Gasteiger partial charge >= 0.3 is 5.91 Å². The van der Waals surface area contributed by atoms with Crippen LogP contribution in [0.3, 0.4) is 0 Å². The van der Waals surface area contributed by atoms with Gasteiger partial charge in [-0.2, -0.15) is 10.2 Å². The van der Waals surface area contributed by atoms with Crippen molar-refractivity contribution < 1.29 is 19.1 Å². The molecule has 126 valence electrons. The van der Waals surface area contributed by atoms with Crippen LogP contribution in [0, 0.1) is 5.21 Å². The van der Waals surface area contributed by atoms with Crippen molar-refractivity contribution in [2.24, 2.45) is 0 Å². The van der Waals surface area contributed by atoms with Crippen LogP contribution in [-0.4, -0.2) is 23.0 Å². The number of pyridine rings is 1. The van der Waals surface area contributed by atoms with Gasteiger partial charge in [-0.3, -0.25) is 4.79 Å². The van der Waals surface area contributed by atoms with E-state index in [9.17, 15) is 10.0 Å². The van der Waals surface area contributed by atoms with E-state index in [-0.39, 0.29) is 5.69 Å². The Hall–Kier alpha value is -3.68. The van der Waals surface area contributed by atoms with E-state index >= 15 is 0 Å². The molecular formula is C17H14N4O4. The zero-order valence-electron chi connectivity index (χ0n) is 13.2.